The van der Waals surface area contributed by atoms with E-state index < -0.39 is 23.5 Å². The average molecular weight is 285 g/mol. The normalized spacial score (nSPS) is 12.7. The predicted octanol–water partition coefficient (Wildman–Crippen LogP) is 2.20. The first-order valence-electron chi connectivity index (χ1n) is 5.84. The molecule has 0 aliphatic rings. The molecule has 104 valence electrons. The molecule has 1 aromatic rings. The Hall–Kier alpha value is -1.62. The summed E-state index contributed by atoms with van der Waals surface area (Å²) in [6.45, 7) is 6.84. The van der Waals surface area contributed by atoms with Crippen LogP contribution in [0, 0.1) is 0 Å². The van der Waals surface area contributed by atoms with Crippen LogP contribution in [-0.2, 0) is 9.53 Å². The molecule has 1 atom stereocenters. The number of ether oxygens (including phenoxy) is 1. The largest absolute Gasteiger partial charge is 0.458 e. The molecule has 0 unspecified atom stereocenters. The molecule has 0 bridgehead atoms. The van der Waals surface area contributed by atoms with E-state index in [1.165, 1.54) is 12.3 Å². The van der Waals surface area contributed by atoms with Crippen molar-refractivity contribution in [2.75, 3.05) is 0 Å². The van der Waals surface area contributed by atoms with Gasteiger partial charge in [0.05, 0.1) is 0 Å². The zero-order valence-electron chi connectivity index (χ0n) is 11.4. The number of esters is 1. The number of carbonyl (C=O) groups is 2. The van der Waals surface area contributed by atoms with Crippen LogP contribution in [0.3, 0.4) is 0 Å². The first-order valence-corrected chi connectivity index (χ1v) is 6.22. The molecule has 5 nitrogen and oxygen atoms in total. The Balaban J connectivity index is 2.64. The number of hydrogen-bond donors (Lipinski definition) is 1. The number of nitrogens with zero attached hydrogens (tertiary/aromatic N) is 1. The topological polar surface area (TPSA) is 68.3 Å². The van der Waals surface area contributed by atoms with Gasteiger partial charge in [0.25, 0.3) is 5.91 Å². The van der Waals surface area contributed by atoms with E-state index in [1.54, 1.807) is 33.8 Å². The first kappa shape index (κ1) is 15.4. The van der Waals surface area contributed by atoms with E-state index in [4.69, 9.17) is 16.3 Å². The highest BCUT2D eigenvalue weighted by Gasteiger charge is 2.23. The van der Waals surface area contributed by atoms with Gasteiger partial charge in [0, 0.05) is 11.2 Å². The molecule has 1 N–H and O–H groups in total. The Labute approximate surface area is 117 Å². The fourth-order valence-electron chi connectivity index (χ4n) is 1.25. The standard InChI is InChI=1S/C13H17ClN2O3/c1-8(12(18)19-13(2,3)4)16-11(17)10-7-9(14)5-6-15-10/h5-8H,1-4H3,(H,16,17)/t8-/m1/s1. The highest BCUT2D eigenvalue weighted by molar-refractivity contribution is 6.30. The number of pyridine rings is 1. The van der Waals surface area contributed by atoms with Gasteiger partial charge >= 0.3 is 5.97 Å². The Morgan fingerprint density at radius 1 is 1.42 bits per heavy atom. The van der Waals surface area contributed by atoms with Crippen LogP contribution >= 0.6 is 11.6 Å². The maximum Gasteiger partial charge on any atom is 0.328 e. The number of carbonyl (C=O) groups excluding carboxylic acids is 2. The number of aromatic nitrogens is 1. The Kier molecular flexibility index (Phi) is 4.89. The summed E-state index contributed by atoms with van der Waals surface area (Å²) in [7, 11) is 0. The molecule has 0 aromatic carbocycles. The third-order valence-electron chi connectivity index (χ3n) is 2.06. The van der Waals surface area contributed by atoms with Crippen molar-refractivity contribution in [3.05, 3.63) is 29.0 Å². The molecular formula is C13H17ClN2O3. The number of rotatable bonds is 3. The van der Waals surface area contributed by atoms with E-state index in [0.717, 1.165) is 0 Å². The van der Waals surface area contributed by atoms with Crippen LogP contribution in [0.4, 0.5) is 0 Å². The second-order valence-corrected chi connectivity index (χ2v) is 5.52. The van der Waals surface area contributed by atoms with Crippen LogP contribution in [0.15, 0.2) is 18.3 Å². The van der Waals surface area contributed by atoms with Crippen LogP contribution < -0.4 is 5.32 Å². The second kappa shape index (κ2) is 6.02. The van der Waals surface area contributed by atoms with Crippen molar-refractivity contribution < 1.29 is 14.3 Å². The van der Waals surface area contributed by atoms with Gasteiger partial charge in [0.15, 0.2) is 0 Å². The maximum absolute atomic E-state index is 11.8. The Morgan fingerprint density at radius 3 is 2.58 bits per heavy atom. The van der Waals surface area contributed by atoms with E-state index in [2.05, 4.69) is 10.3 Å². The number of hydrogen-bond acceptors (Lipinski definition) is 4. The van der Waals surface area contributed by atoms with Crippen molar-refractivity contribution >= 4 is 23.5 Å². The van der Waals surface area contributed by atoms with Crippen molar-refractivity contribution in [1.82, 2.24) is 10.3 Å². The number of halogens is 1. The summed E-state index contributed by atoms with van der Waals surface area (Å²) in [6.07, 6.45) is 1.43. The van der Waals surface area contributed by atoms with Gasteiger partial charge in [-0.25, -0.2) is 4.79 Å². The molecule has 0 saturated carbocycles. The monoisotopic (exact) mass is 284 g/mol. The minimum absolute atomic E-state index is 0.155. The van der Waals surface area contributed by atoms with Gasteiger partial charge < -0.3 is 10.1 Å². The minimum atomic E-state index is -0.757. The van der Waals surface area contributed by atoms with E-state index in [1.807, 2.05) is 0 Å². The van der Waals surface area contributed by atoms with Crippen molar-refractivity contribution in [1.29, 1.82) is 0 Å². The second-order valence-electron chi connectivity index (χ2n) is 5.09. The van der Waals surface area contributed by atoms with Crippen LogP contribution in [0.25, 0.3) is 0 Å². The summed E-state index contributed by atoms with van der Waals surface area (Å²) in [5.74, 6) is -0.969. The Bertz CT molecular complexity index is 483. The summed E-state index contributed by atoms with van der Waals surface area (Å²) in [4.78, 5) is 27.4. The fraction of sp³-hybridized carbons (Fsp3) is 0.462. The highest BCUT2D eigenvalue weighted by Crippen LogP contribution is 2.10. The lowest BCUT2D eigenvalue weighted by molar-refractivity contribution is -0.156. The smallest absolute Gasteiger partial charge is 0.328 e. The van der Waals surface area contributed by atoms with Gasteiger partial charge in [-0.2, -0.15) is 0 Å². The summed E-state index contributed by atoms with van der Waals surface area (Å²) in [5, 5.41) is 2.92. The molecule has 1 rings (SSSR count). The van der Waals surface area contributed by atoms with Crippen LogP contribution in [0.1, 0.15) is 38.2 Å². The Morgan fingerprint density at radius 2 is 2.05 bits per heavy atom. The van der Waals surface area contributed by atoms with Gasteiger partial charge in [-0.05, 0) is 39.8 Å². The van der Waals surface area contributed by atoms with E-state index in [0.29, 0.717) is 5.02 Å². The molecule has 0 spiro atoms. The molecule has 1 amide bonds. The van der Waals surface area contributed by atoms with Crippen molar-refractivity contribution in [3.63, 3.8) is 0 Å². The molecule has 0 saturated heterocycles. The predicted molar refractivity (Wildman–Crippen MR) is 72.0 cm³/mol. The zero-order chi connectivity index (χ0) is 14.6. The van der Waals surface area contributed by atoms with Gasteiger partial charge in [-0.15, -0.1) is 0 Å². The lowest BCUT2D eigenvalue weighted by atomic mass is 10.2. The minimum Gasteiger partial charge on any atom is -0.458 e. The summed E-state index contributed by atoms with van der Waals surface area (Å²) < 4.78 is 5.16. The van der Waals surface area contributed by atoms with E-state index in [-0.39, 0.29) is 5.69 Å². The van der Waals surface area contributed by atoms with E-state index in [9.17, 15) is 9.59 Å². The third-order valence-corrected chi connectivity index (χ3v) is 2.30. The fourth-order valence-corrected chi connectivity index (χ4v) is 1.41. The first-order chi connectivity index (χ1) is 8.69. The molecule has 0 aliphatic carbocycles. The molecule has 19 heavy (non-hydrogen) atoms. The average Bonchev–Trinajstić information content (AvgIpc) is 2.26. The lowest BCUT2D eigenvalue weighted by Crippen LogP contribution is -2.42. The highest BCUT2D eigenvalue weighted by atomic mass is 35.5. The molecule has 6 heteroatoms. The quantitative estimate of drug-likeness (QED) is 0.864. The zero-order valence-corrected chi connectivity index (χ0v) is 12.1. The van der Waals surface area contributed by atoms with Crippen molar-refractivity contribution in [2.45, 2.75) is 39.3 Å². The number of amides is 1. The van der Waals surface area contributed by atoms with Gasteiger partial charge in [0.1, 0.15) is 17.3 Å². The van der Waals surface area contributed by atoms with Crippen molar-refractivity contribution in [3.8, 4) is 0 Å². The molecule has 0 fully saturated rings. The molecular weight excluding hydrogens is 268 g/mol. The third kappa shape index (κ3) is 5.26. The van der Waals surface area contributed by atoms with Gasteiger partial charge in [-0.3, -0.25) is 9.78 Å². The summed E-state index contributed by atoms with van der Waals surface area (Å²) >= 11 is 5.76. The van der Waals surface area contributed by atoms with Crippen molar-refractivity contribution in [2.24, 2.45) is 0 Å². The SMILES string of the molecule is C[C@@H](NC(=O)c1cc(Cl)ccn1)C(=O)OC(C)(C)C. The van der Waals surface area contributed by atoms with Gasteiger partial charge in [-0.1, -0.05) is 11.6 Å². The van der Waals surface area contributed by atoms with Crippen LogP contribution in [-0.4, -0.2) is 28.5 Å². The molecule has 0 radical (unpaired) electrons. The lowest BCUT2D eigenvalue weighted by Gasteiger charge is -2.22. The molecule has 0 aliphatic heterocycles. The summed E-state index contributed by atoms with van der Waals surface area (Å²) in [5.41, 5.74) is -0.437. The number of nitrogens with one attached hydrogen (secondary N) is 1. The van der Waals surface area contributed by atoms with Crippen LogP contribution in [0.2, 0.25) is 5.02 Å². The maximum atomic E-state index is 11.8. The van der Waals surface area contributed by atoms with Crippen LogP contribution in [0.5, 0.6) is 0 Å². The summed E-state index contributed by atoms with van der Waals surface area (Å²) in [6, 6.07) is 2.24. The van der Waals surface area contributed by atoms with E-state index >= 15 is 0 Å². The molecule has 1 heterocycles. The van der Waals surface area contributed by atoms with Gasteiger partial charge in [0.2, 0.25) is 0 Å². The molecule has 1 aromatic heterocycles.